The van der Waals surface area contributed by atoms with Gasteiger partial charge in [-0.1, -0.05) is 13.8 Å². The second kappa shape index (κ2) is 5.15. The summed E-state index contributed by atoms with van der Waals surface area (Å²) in [6.45, 7) is 8.88. The number of carbonyl (C=O) groups excluding carboxylic acids is 1. The number of aliphatic hydroxyl groups is 1. The maximum atomic E-state index is 12.2. The number of amides is 1. The Morgan fingerprint density at radius 1 is 1.44 bits per heavy atom. The molecule has 1 aliphatic rings. The minimum absolute atomic E-state index is 0.0682. The number of hydrogen-bond donors (Lipinski definition) is 1. The molecule has 4 heteroatoms. The molecule has 94 valence electrons. The first-order chi connectivity index (χ1) is 7.41. The number of hydrogen-bond acceptors (Lipinski definition) is 3. The van der Waals surface area contributed by atoms with Gasteiger partial charge in [-0.25, -0.2) is 0 Å². The maximum Gasteiger partial charge on any atom is 0.240 e. The Balaban J connectivity index is 2.90. The molecule has 1 rings (SSSR count). The molecule has 1 fully saturated rings. The van der Waals surface area contributed by atoms with Gasteiger partial charge in [0, 0.05) is 26.2 Å². The summed E-state index contributed by atoms with van der Waals surface area (Å²) < 4.78 is 0. The number of likely N-dealkylation sites (N-methyl/N-ethyl adjacent to an activating group) is 2. The monoisotopic (exact) mass is 228 g/mol. The van der Waals surface area contributed by atoms with Gasteiger partial charge < -0.3 is 10.0 Å². The smallest absolute Gasteiger partial charge is 0.240 e. The van der Waals surface area contributed by atoms with E-state index < -0.39 is 0 Å². The molecule has 1 heterocycles. The quantitative estimate of drug-likeness (QED) is 0.767. The fraction of sp³-hybridized carbons (Fsp3) is 0.917. The molecule has 0 aromatic carbocycles. The van der Waals surface area contributed by atoms with Gasteiger partial charge in [0.15, 0.2) is 0 Å². The highest BCUT2D eigenvalue weighted by molar-refractivity contribution is 5.82. The first-order valence-electron chi connectivity index (χ1n) is 6.01. The summed E-state index contributed by atoms with van der Waals surface area (Å²) in [6.07, 6.45) is 0.530. The molecule has 16 heavy (non-hydrogen) atoms. The van der Waals surface area contributed by atoms with Gasteiger partial charge in [-0.15, -0.1) is 0 Å². The van der Waals surface area contributed by atoms with Gasteiger partial charge in [0.05, 0.1) is 6.04 Å². The number of nitrogens with zero attached hydrogens (tertiary/aromatic N) is 2. The van der Waals surface area contributed by atoms with E-state index in [0.29, 0.717) is 6.42 Å². The SMILES string of the molecule is CCN1CC(C)(C)CN(C)C(CCO)C1=O. The van der Waals surface area contributed by atoms with Crippen molar-refractivity contribution >= 4 is 5.91 Å². The van der Waals surface area contributed by atoms with Crippen molar-refractivity contribution in [1.82, 2.24) is 9.80 Å². The van der Waals surface area contributed by atoms with Crippen LogP contribution >= 0.6 is 0 Å². The molecule has 1 aliphatic heterocycles. The molecule has 0 spiro atoms. The lowest BCUT2D eigenvalue weighted by Gasteiger charge is -2.29. The van der Waals surface area contributed by atoms with Crippen molar-refractivity contribution in [3.8, 4) is 0 Å². The minimum Gasteiger partial charge on any atom is -0.396 e. The third kappa shape index (κ3) is 2.95. The molecule has 1 amide bonds. The Bertz CT molecular complexity index is 253. The van der Waals surface area contributed by atoms with Crippen molar-refractivity contribution in [2.24, 2.45) is 5.41 Å². The predicted molar refractivity (Wildman–Crippen MR) is 64.2 cm³/mol. The van der Waals surface area contributed by atoms with E-state index in [2.05, 4.69) is 18.7 Å². The van der Waals surface area contributed by atoms with Gasteiger partial charge in [0.25, 0.3) is 0 Å². The van der Waals surface area contributed by atoms with Crippen molar-refractivity contribution in [2.75, 3.05) is 33.3 Å². The van der Waals surface area contributed by atoms with Crippen molar-refractivity contribution in [1.29, 1.82) is 0 Å². The third-order valence-electron chi connectivity index (χ3n) is 3.21. The van der Waals surface area contributed by atoms with Gasteiger partial charge in [0.1, 0.15) is 0 Å². The number of rotatable bonds is 3. The lowest BCUT2D eigenvalue weighted by atomic mass is 9.92. The van der Waals surface area contributed by atoms with Gasteiger partial charge in [-0.2, -0.15) is 0 Å². The van der Waals surface area contributed by atoms with Crippen LogP contribution in [-0.2, 0) is 4.79 Å². The van der Waals surface area contributed by atoms with E-state index in [9.17, 15) is 4.79 Å². The second-order valence-corrected chi connectivity index (χ2v) is 5.46. The average molecular weight is 228 g/mol. The molecule has 0 aliphatic carbocycles. The highest BCUT2D eigenvalue weighted by Gasteiger charge is 2.36. The molecule has 0 aromatic heterocycles. The molecule has 1 N–H and O–H groups in total. The summed E-state index contributed by atoms with van der Waals surface area (Å²) in [7, 11) is 1.97. The lowest BCUT2D eigenvalue weighted by molar-refractivity contribution is -0.135. The molecule has 0 aromatic rings. The Morgan fingerprint density at radius 3 is 2.56 bits per heavy atom. The van der Waals surface area contributed by atoms with Crippen LogP contribution in [-0.4, -0.2) is 60.1 Å². The highest BCUT2D eigenvalue weighted by atomic mass is 16.3. The van der Waals surface area contributed by atoms with Crippen LogP contribution in [0, 0.1) is 5.41 Å². The molecule has 1 unspecified atom stereocenters. The van der Waals surface area contributed by atoms with Gasteiger partial charge >= 0.3 is 0 Å². The maximum absolute atomic E-state index is 12.2. The summed E-state index contributed by atoms with van der Waals surface area (Å²) in [5, 5.41) is 9.04. The minimum atomic E-state index is -0.160. The van der Waals surface area contributed by atoms with E-state index >= 15 is 0 Å². The topological polar surface area (TPSA) is 43.8 Å². The third-order valence-corrected chi connectivity index (χ3v) is 3.21. The van der Waals surface area contributed by atoms with Crippen LogP contribution in [0.25, 0.3) is 0 Å². The standard InChI is InChI=1S/C12H24N2O2/c1-5-14-9-12(2,3)8-13(4)10(6-7-15)11(14)16/h10,15H,5-9H2,1-4H3. The van der Waals surface area contributed by atoms with Crippen molar-refractivity contribution in [3.05, 3.63) is 0 Å². The van der Waals surface area contributed by atoms with Crippen LogP contribution in [0.15, 0.2) is 0 Å². The predicted octanol–water partition coefficient (Wildman–Crippen LogP) is 0.558. The molecule has 1 atom stereocenters. The normalized spacial score (nSPS) is 26.9. The zero-order valence-corrected chi connectivity index (χ0v) is 10.9. The van der Waals surface area contributed by atoms with Crippen molar-refractivity contribution in [3.63, 3.8) is 0 Å². The van der Waals surface area contributed by atoms with E-state index in [1.165, 1.54) is 0 Å². The summed E-state index contributed by atoms with van der Waals surface area (Å²) in [5.74, 6) is 0.157. The zero-order chi connectivity index (χ0) is 12.3. The van der Waals surface area contributed by atoms with Gasteiger partial charge in [-0.05, 0) is 25.8 Å². The number of carbonyl (C=O) groups is 1. The average Bonchev–Trinajstić information content (AvgIpc) is 2.27. The van der Waals surface area contributed by atoms with E-state index in [1.807, 2.05) is 18.9 Å². The Labute approximate surface area is 98.2 Å². The summed E-state index contributed by atoms with van der Waals surface area (Å²) in [4.78, 5) is 16.2. The van der Waals surface area contributed by atoms with Crippen LogP contribution in [0.3, 0.4) is 0 Å². The fourth-order valence-corrected chi connectivity index (χ4v) is 2.56. The second-order valence-electron chi connectivity index (χ2n) is 5.46. The molecule has 0 radical (unpaired) electrons. The lowest BCUT2D eigenvalue weighted by Crippen LogP contribution is -2.44. The first kappa shape index (κ1) is 13.5. The highest BCUT2D eigenvalue weighted by Crippen LogP contribution is 2.25. The molecular weight excluding hydrogens is 204 g/mol. The van der Waals surface area contributed by atoms with E-state index in [0.717, 1.165) is 19.6 Å². The zero-order valence-electron chi connectivity index (χ0n) is 10.9. The molecule has 0 bridgehead atoms. The van der Waals surface area contributed by atoms with Crippen LogP contribution < -0.4 is 0 Å². The first-order valence-corrected chi connectivity index (χ1v) is 6.01. The summed E-state index contributed by atoms with van der Waals surface area (Å²) in [5.41, 5.74) is 0.116. The fourth-order valence-electron chi connectivity index (χ4n) is 2.56. The van der Waals surface area contributed by atoms with Crippen LogP contribution in [0.5, 0.6) is 0 Å². The van der Waals surface area contributed by atoms with Gasteiger partial charge in [-0.3, -0.25) is 9.69 Å². The summed E-state index contributed by atoms with van der Waals surface area (Å²) >= 11 is 0. The van der Waals surface area contributed by atoms with Crippen LogP contribution in [0.4, 0.5) is 0 Å². The summed E-state index contributed by atoms with van der Waals surface area (Å²) in [6, 6.07) is -0.160. The molecular formula is C12H24N2O2. The van der Waals surface area contributed by atoms with Crippen molar-refractivity contribution < 1.29 is 9.90 Å². The largest absolute Gasteiger partial charge is 0.396 e. The molecule has 0 saturated carbocycles. The molecule has 4 nitrogen and oxygen atoms in total. The van der Waals surface area contributed by atoms with Gasteiger partial charge in [0.2, 0.25) is 5.91 Å². The van der Waals surface area contributed by atoms with Crippen molar-refractivity contribution in [2.45, 2.75) is 33.2 Å². The van der Waals surface area contributed by atoms with E-state index in [-0.39, 0.29) is 24.0 Å². The van der Waals surface area contributed by atoms with Crippen LogP contribution in [0.2, 0.25) is 0 Å². The number of aliphatic hydroxyl groups excluding tert-OH is 1. The Morgan fingerprint density at radius 2 is 2.06 bits per heavy atom. The van der Waals surface area contributed by atoms with Crippen LogP contribution in [0.1, 0.15) is 27.2 Å². The Kier molecular flexibility index (Phi) is 4.33. The Hall–Kier alpha value is -0.610. The molecule has 1 saturated heterocycles. The van der Waals surface area contributed by atoms with E-state index in [1.54, 1.807) is 0 Å². The van der Waals surface area contributed by atoms with E-state index in [4.69, 9.17) is 5.11 Å².